The minimum absolute atomic E-state index is 0.0440. The van der Waals surface area contributed by atoms with Gasteiger partial charge >= 0.3 is 5.97 Å². The summed E-state index contributed by atoms with van der Waals surface area (Å²) in [6.45, 7) is 4.52. The summed E-state index contributed by atoms with van der Waals surface area (Å²) in [5.74, 6) is 0.454. The molecule has 0 unspecified atom stereocenters. The van der Waals surface area contributed by atoms with Gasteiger partial charge in [0.15, 0.2) is 0 Å². The fourth-order valence-electron chi connectivity index (χ4n) is 6.27. The first kappa shape index (κ1) is 28.8. The zero-order chi connectivity index (χ0) is 28.1. The molecule has 3 aliphatic heterocycles. The molecule has 2 saturated heterocycles. The first-order valence-corrected chi connectivity index (χ1v) is 14.8. The van der Waals surface area contributed by atoms with Gasteiger partial charge in [-0.15, -0.1) is 0 Å². The van der Waals surface area contributed by atoms with Crippen LogP contribution in [-0.4, -0.2) is 66.5 Å². The number of aromatic nitrogens is 1. The summed E-state index contributed by atoms with van der Waals surface area (Å²) in [6.07, 6.45) is 8.07. The minimum Gasteiger partial charge on any atom is -0.496 e. The number of methoxy groups -OCH3 is 1. The van der Waals surface area contributed by atoms with Crippen molar-refractivity contribution in [2.24, 2.45) is 0 Å². The van der Waals surface area contributed by atoms with Crippen LogP contribution in [0.5, 0.6) is 5.75 Å². The van der Waals surface area contributed by atoms with Crippen LogP contribution >= 0.6 is 0 Å². The standard InChI is InChI=1S/C31H42FN3O5/c1-20-9-11-25-28(38-2)18-22(34-30(25)33-20)7-3-5-15-39-23-13-14-35(19-23)29(31(36)37)26-17-21(32)10-12-24(26)27-8-4-6-16-40-27/h10,12,17-18,20,23,27,29H,3-9,11,13-16,19H2,1-2H3,(H,33,34)(H,36,37)/t20-,23-,27+,29+/m1/s1. The molecule has 3 aliphatic rings. The predicted octanol–water partition coefficient (Wildman–Crippen LogP) is 5.46. The first-order chi connectivity index (χ1) is 19.4. The van der Waals surface area contributed by atoms with Gasteiger partial charge in [0, 0.05) is 49.7 Å². The zero-order valence-corrected chi connectivity index (χ0v) is 23.7. The second-order valence-electron chi connectivity index (χ2n) is 11.3. The monoisotopic (exact) mass is 555 g/mol. The number of aliphatic carboxylic acids is 1. The largest absolute Gasteiger partial charge is 0.496 e. The van der Waals surface area contributed by atoms with E-state index in [0.717, 1.165) is 86.2 Å². The van der Waals surface area contributed by atoms with E-state index in [9.17, 15) is 14.3 Å². The van der Waals surface area contributed by atoms with Gasteiger partial charge in [-0.25, -0.2) is 9.37 Å². The number of hydrogen-bond acceptors (Lipinski definition) is 7. The molecular weight excluding hydrogens is 513 g/mol. The number of hydrogen-bond donors (Lipinski definition) is 2. The van der Waals surface area contributed by atoms with E-state index in [1.54, 1.807) is 13.2 Å². The molecule has 4 heterocycles. The topological polar surface area (TPSA) is 93.2 Å². The molecule has 1 aromatic carbocycles. The van der Waals surface area contributed by atoms with Crippen LogP contribution in [0.4, 0.5) is 10.2 Å². The number of likely N-dealkylation sites (tertiary alicyclic amines) is 1. The van der Waals surface area contributed by atoms with Gasteiger partial charge in [0.2, 0.25) is 0 Å². The van der Waals surface area contributed by atoms with Crippen molar-refractivity contribution in [1.29, 1.82) is 0 Å². The van der Waals surface area contributed by atoms with Crippen molar-refractivity contribution in [2.75, 3.05) is 38.7 Å². The lowest BCUT2D eigenvalue weighted by atomic mass is 9.92. The Balaban J connectivity index is 1.14. The Morgan fingerprint density at radius 3 is 2.90 bits per heavy atom. The van der Waals surface area contributed by atoms with E-state index in [0.29, 0.717) is 37.9 Å². The zero-order valence-electron chi connectivity index (χ0n) is 23.7. The number of carboxylic acid groups (broad SMARTS) is 1. The minimum atomic E-state index is -0.972. The summed E-state index contributed by atoms with van der Waals surface area (Å²) < 4.78 is 32.0. The van der Waals surface area contributed by atoms with E-state index in [-0.39, 0.29) is 12.2 Å². The van der Waals surface area contributed by atoms with Gasteiger partial charge in [-0.1, -0.05) is 6.07 Å². The van der Waals surface area contributed by atoms with Crippen LogP contribution < -0.4 is 10.1 Å². The number of unbranched alkanes of at least 4 members (excludes halogenated alkanes) is 1. The molecule has 9 heteroatoms. The van der Waals surface area contributed by atoms with E-state index < -0.39 is 17.8 Å². The maximum Gasteiger partial charge on any atom is 0.325 e. The number of rotatable bonds is 11. The van der Waals surface area contributed by atoms with Crippen molar-refractivity contribution >= 4 is 11.8 Å². The second-order valence-corrected chi connectivity index (χ2v) is 11.3. The molecule has 4 atom stereocenters. The van der Waals surface area contributed by atoms with Crippen LogP contribution in [0, 0.1) is 5.82 Å². The fourth-order valence-corrected chi connectivity index (χ4v) is 6.27. The van der Waals surface area contributed by atoms with Crippen molar-refractivity contribution in [3.63, 3.8) is 0 Å². The van der Waals surface area contributed by atoms with Crippen LogP contribution in [0.3, 0.4) is 0 Å². The molecule has 2 fully saturated rings. The van der Waals surface area contributed by atoms with Gasteiger partial charge in [-0.2, -0.15) is 0 Å². The number of benzene rings is 1. The molecule has 5 rings (SSSR count). The lowest BCUT2D eigenvalue weighted by Gasteiger charge is -2.30. The van der Waals surface area contributed by atoms with E-state index in [1.807, 2.05) is 4.90 Å². The molecule has 2 N–H and O–H groups in total. The van der Waals surface area contributed by atoms with Crippen LogP contribution in [0.15, 0.2) is 24.3 Å². The van der Waals surface area contributed by atoms with Crippen molar-refractivity contribution in [3.8, 4) is 5.75 Å². The molecule has 0 bridgehead atoms. The van der Waals surface area contributed by atoms with Crippen LogP contribution in [0.1, 0.15) is 86.4 Å². The molecule has 8 nitrogen and oxygen atoms in total. The van der Waals surface area contributed by atoms with Crippen molar-refractivity contribution < 1.29 is 28.5 Å². The van der Waals surface area contributed by atoms with E-state index in [2.05, 4.69) is 18.3 Å². The maximum absolute atomic E-state index is 14.3. The Labute approximate surface area is 236 Å². The summed E-state index contributed by atoms with van der Waals surface area (Å²) >= 11 is 0. The van der Waals surface area contributed by atoms with Crippen LogP contribution in [-0.2, 0) is 27.1 Å². The van der Waals surface area contributed by atoms with Crippen molar-refractivity contribution in [1.82, 2.24) is 9.88 Å². The number of nitrogens with zero attached hydrogens (tertiary/aromatic N) is 2. The third-order valence-electron chi connectivity index (χ3n) is 8.39. The molecule has 0 amide bonds. The molecule has 218 valence electrons. The van der Waals surface area contributed by atoms with E-state index in [4.69, 9.17) is 19.2 Å². The van der Waals surface area contributed by atoms with Crippen LogP contribution in [0.25, 0.3) is 0 Å². The number of carbonyl (C=O) groups is 1. The molecule has 0 saturated carbocycles. The average molecular weight is 556 g/mol. The number of nitrogens with one attached hydrogen (secondary N) is 1. The summed E-state index contributed by atoms with van der Waals surface area (Å²) in [6, 6.07) is 6.01. The molecule has 0 radical (unpaired) electrons. The van der Waals surface area contributed by atoms with Crippen LogP contribution in [0.2, 0.25) is 0 Å². The SMILES string of the molecule is COc1cc(CCCCO[C@@H]2CCN([C@H](C(=O)O)c3cc(F)ccc3[C@@H]3CCCCO3)C2)nc2c1CC[C@@H](C)N2. The lowest BCUT2D eigenvalue weighted by Crippen LogP contribution is -2.34. The van der Waals surface area contributed by atoms with Gasteiger partial charge in [-0.05, 0) is 88.0 Å². The number of carboxylic acids is 1. The highest BCUT2D eigenvalue weighted by atomic mass is 19.1. The number of pyridine rings is 1. The van der Waals surface area contributed by atoms with Gasteiger partial charge in [-0.3, -0.25) is 9.69 Å². The molecule has 2 aromatic rings. The summed E-state index contributed by atoms with van der Waals surface area (Å²) in [4.78, 5) is 19.2. The number of ether oxygens (including phenoxy) is 3. The van der Waals surface area contributed by atoms with Crippen molar-refractivity contribution in [3.05, 3.63) is 52.5 Å². The quantitative estimate of drug-likeness (QED) is 0.353. The number of halogens is 1. The highest BCUT2D eigenvalue weighted by Gasteiger charge is 2.36. The maximum atomic E-state index is 14.3. The Kier molecular flexibility index (Phi) is 9.55. The predicted molar refractivity (Wildman–Crippen MR) is 150 cm³/mol. The Morgan fingerprint density at radius 1 is 1.25 bits per heavy atom. The normalized spacial score (nSPS) is 23.8. The highest BCUT2D eigenvalue weighted by molar-refractivity contribution is 5.76. The molecule has 1 aromatic heterocycles. The van der Waals surface area contributed by atoms with Crippen molar-refractivity contribution in [2.45, 2.75) is 89.0 Å². The summed E-state index contributed by atoms with van der Waals surface area (Å²) in [5, 5.41) is 13.7. The Hall–Kier alpha value is -2.75. The lowest BCUT2D eigenvalue weighted by molar-refractivity contribution is -0.143. The number of anilines is 1. The third-order valence-corrected chi connectivity index (χ3v) is 8.39. The Morgan fingerprint density at radius 2 is 2.12 bits per heavy atom. The number of fused-ring (bicyclic) bond motifs is 1. The fraction of sp³-hybridized carbons (Fsp3) is 0.613. The van der Waals surface area contributed by atoms with Gasteiger partial charge < -0.3 is 24.6 Å². The highest BCUT2D eigenvalue weighted by Crippen LogP contribution is 2.37. The third kappa shape index (κ3) is 6.75. The number of aryl methyl sites for hydroxylation is 1. The molecule has 40 heavy (non-hydrogen) atoms. The Bertz CT molecular complexity index is 1170. The molecule has 0 aliphatic carbocycles. The van der Waals surface area contributed by atoms with E-state index in [1.165, 1.54) is 12.1 Å². The summed E-state index contributed by atoms with van der Waals surface area (Å²) in [7, 11) is 1.71. The van der Waals surface area contributed by atoms with Gasteiger partial charge in [0.25, 0.3) is 0 Å². The molecular formula is C31H42FN3O5. The van der Waals surface area contributed by atoms with E-state index >= 15 is 0 Å². The summed E-state index contributed by atoms with van der Waals surface area (Å²) in [5.41, 5.74) is 3.46. The van der Waals surface area contributed by atoms with Gasteiger partial charge in [0.1, 0.15) is 23.4 Å². The average Bonchev–Trinajstić information content (AvgIpc) is 3.40. The van der Waals surface area contributed by atoms with Gasteiger partial charge in [0.05, 0.1) is 19.3 Å². The molecule has 0 spiro atoms. The smallest absolute Gasteiger partial charge is 0.325 e. The second kappa shape index (κ2) is 13.3. The first-order valence-electron chi connectivity index (χ1n) is 14.8.